The van der Waals surface area contributed by atoms with E-state index in [4.69, 9.17) is 0 Å². The first-order chi connectivity index (χ1) is 7.71. The van der Waals surface area contributed by atoms with Crippen LogP contribution in [-0.2, 0) is 0 Å². The number of nitrogens with zero attached hydrogens (tertiary/aromatic N) is 1. The minimum Gasteiger partial charge on any atom is -0.392 e. The van der Waals surface area contributed by atoms with Crippen molar-refractivity contribution in [3.8, 4) is 0 Å². The Balaban J connectivity index is 1.80. The predicted octanol–water partition coefficient (Wildman–Crippen LogP) is 2.17. The van der Waals surface area contributed by atoms with Gasteiger partial charge in [0.05, 0.1) is 32.3 Å². The van der Waals surface area contributed by atoms with Crippen LogP contribution in [0.3, 0.4) is 0 Å². The molecule has 0 aromatic rings. The van der Waals surface area contributed by atoms with Gasteiger partial charge in [0, 0.05) is 25.2 Å². The van der Waals surface area contributed by atoms with E-state index in [0.29, 0.717) is 11.8 Å². The highest BCUT2D eigenvalue weighted by Gasteiger charge is 2.49. The monoisotopic (exact) mass is 224 g/mol. The van der Waals surface area contributed by atoms with Crippen molar-refractivity contribution in [2.45, 2.75) is 57.1 Å². The quantitative estimate of drug-likeness (QED) is 0.677. The van der Waals surface area contributed by atoms with E-state index < -0.39 is 0 Å². The van der Waals surface area contributed by atoms with Gasteiger partial charge in [0.1, 0.15) is 0 Å². The number of aliphatic hydroxyl groups is 1. The summed E-state index contributed by atoms with van der Waals surface area (Å²) in [6.07, 6.45) is 9.44. The molecule has 1 N–H and O–H groups in total. The fraction of sp³-hybridized carbons (Fsp3) is 1.00. The molecular weight excluding hydrogens is 198 g/mol. The van der Waals surface area contributed by atoms with Crippen molar-refractivity contribution in [2.75, 3.05) is 20.1 Å². The van der Waals surface area contributed by atoms with E-state index in [2.05, 4.69) is 7.05 Å². The summed E-state index contributed by atoms with van der Waals surface area (Å²) in [5, 5.41) is 10.4. The molecule has 0 aromatic heterocycles. The van der Waals surface area contributed by atoms with Crippen LogP contribution in [0, 0.1) is 11.8 Å². The van der Waals surface area contributed by atoms with Crippen LogP contribution in [0.1, 0.15) is 44.9 Å². The number of hydrogen-bond donors (Lipinski definition) is 1. The van der Waals surface area contributed by atoms with E-state index in [0.717, 1.165) is 6.04 Å². The Bertz CT molecular complexity index is 259. The lowest BCUT2D eigenvalue weighted by Gasteiger charge is -2.50. The van der Waals surface area contributed by atoms with Crippen LogP contribution in [0.4, 0.5) is 0 Å². The van der Waals surface area contributed by atoms with Crippen molar-refractivity contribution >= 4 is 0 Å². The van der Waals surface area contributed by atoms with E-state index in [9.17, 15) is 5.11 Å². The van der Waals surface area contributed by atoms with Gasteiger partial charge in [0.2, 0.25) is 0 Å². The summed E-state index contributed by atoms with van der Waals surface area (Å²) in [6, 6.07) is 0.772. The van der Waals surface area contributed by atoms with Gasteiger partial charge >= 0.3 is 0 Å². The summed E-state index contributed by atoms with van der Waals surface area (Å²) in [7, 11) is 2.44. The highest BCUT2D eigenvalue weighted by atomic mass is 16.3. The predicted molar refractivity (Wildman–Crippen MR) is 65.0 cm³/mol. The first-order valence-electron chi connectivity index (χ1n) is 7.23. The average molecular weight is 224 g/mol. The molecule has 3 aliphatic rings. The van der Waals surface area contributed by atoms with Crippen molar-refractivity contribution < 1.29 is 9.59 Å². The maximum atomic E-state index is 10.4. The molecule has 0 amide bonds. The van der Waals surface area contributed by atoms with E-state index in [1.165, 1.54) is 62.5 Å². The van der Waals surface area contributed by atoms with E-state index in [1.54, 1.807) is 0 Å². The van der Waals surface area contributed by atoms with Gasteiger partial charge in [-0.15, -0.1) is 0 Å². The second-order valence-electron chi connectivity index (χ2n) is 6.62. The lowest BCUT2D eigenvalue weighted by molar-refractivity contribution is -0.928. The van der Waals surface area contributed by atoms with Gasteiger partial charge in [0.25, 0.3) is 0 Å². The number of quaternary nitrogens is 1. The molecule has 2 saturated carbocycles. The number of likely N-dealkylation sites (tertiary alicyclic amines) is 1. The van der Waals surface area contributed by atoms with Gasteiger partial charge in [-0.05, 0) is 25.2 Å². The van der Waals surface area contributed by atoms with Crippen LogP contribution in [0.2, 0.25) is 0 Å². The number of aliphatic hydroxyl groups excluding tert-OH is 1. The van der Waals surface area contributed by atoms with Crippen LogP contribution >= 0.6 is 0 Å². The van der Waals surface area contributed by atoms with Crippen molar-refractivity contribution in [3.05, 3.63) is 0 Å². The molecule has 0 unspecified atom stereocenters. The molecule has 92 valence electrons. The zero-order valence-corrected chi connectivity index (χ0v) is 10.6. The molecule has 4 atom stereocenters. The molecule has 0 radical (unpaired) electrons. The Morgan fingerprint density at radius 2 is 1.69 bits per heavy atom. The molecule has 2 aliphatic carbocycles. The van der Waals surface area contributed by atoms with Gasteiger partial charge in [-0.2, -0.15) is 0 Å². The van der Waals surface area contributed by atoms with Gasteiger partial charge in [-0.3, -0.25) is 0 Å². The third kappa shape index (κ3) is 1.62. The maximum absolute atomic E-state index is 10.4. The zero-order valence-electron chi connectivity index (χ0n) is 10.6. The standard InChI is InChI=1S/C14H26NO/c1-15(9-2-3-10-15)13-8-7-11-5-4-6-12(13)14(11)16/h11-14,16H,2-10H2,1H3/q+1/t11-,12-,13-,14-/m1/s1. The molecule has 2 bridgehead atoms. The van der Waals surface area contributed by atoms with Gasteiger partial charge in [0.15, 0.2) is 0 Å². The van der Waals surface area contributed by atoms with E-state index in [1.807, 2.05) is 0 Å². The van der Waals surface area contributed by atoms with Crippen LogP contribution in [0.5, 0.6) is 0 Å². The van der Waals surface area contributed by atoms with Crippen molar-refractivity contribution in [1.29, 1.82) is 0 Å². The highest BCUT2D eigenvalue weighted by molar-refractivity contribution is 4.92. The molecule has 16 heavy (non-hydrogen) atoms. The van der Waals surface area contributed by atoms with E-state index in [-0.39, 0.29) is 6.10 Å². The summed E-state index contributed by atoms with van der Waals surface area (Å²) >= 11 is 0. The smallest absolute Gasteiger partial charge is 0.0941 e. The summed E-state index contributed by atoms with van der Waals surface area (Å²) < 4.78 is 1.27. The molecule has 3 rings (SSSR count). The molecule has 2 nitrogen and oxygen atoms in total. The molecule has 0 spiro atoms. The van der Waals surface area contributed by atoms with Crippen molar-refractivity contribution in [3.63, 3.8) is 0 Å². The summed E-state index contributed by atoms with van der Waals surface area (Å²) in [5.41, 5.74) is 0. The summed E-state index contributed by atoms with van der Waals surface area (Å²) in [6.45, 7) is 2.72. The number of fused-ring (bicyclic) bond motifs is 2. The minimum absolute atomic E-state index is 0.0306. The molecule has 0 aromatic carbocycles. The van der Waals surface area contributed by atoms with Gasteiger partial charge in [-0.1, -0.05) is 6.42 Å². The van der Waals surface area contributed by atoms with Crippen LogP contribution in [-0.4, -0.2) is 41.9 Å². The number of hydrogen-bond acceptors (Lipinski definition) is 1. The molecule has 2 heteroatoms. The van der Waals surface area contributed by atoms with Crippen LogP contribution < -0.4 is 0 Å². The van der Waals surface area contributed by atoms with Crippen molar-refractivity contribution in [2.24, 2.45) is 11.8 Å². The Hall–Kier alpha value is -0.0800. The Morgan fingerprint density at radius 3 is 2.44 bits per heavy atom. The van der Waals surface area contributed by atoms with Crippen molar-refractivity contribution in [1.82, 2.24) is 0 Å². The SMILES string of the molecule is C[N+]1([C@@H]2CC[C@H]3CCC[C@H]2[C@@H]3O)CCCC1. The Labute approximate surface area is 99.2 Å². The minimum atomic E-state index is 0.0306. The lowest BCUT2D eigenvalue weighted by atomic mass is 9.67. The zero-order chi connectivity index (χ0) is 11.2. The lowest BCUT2D eigenvalue weighted by Crippen LogP contribution is -2.59. The van der Waals surface area contributed by atoms with Gasteiger partial charge in [-0.25, -0.2) is 0 Å². The van der Waals surface area contributed by atoms with Crippen LogP contribution in [0.15, 0.2) is 0 Å². The third-order valence-corrected chi connectivity index (χ3v) is 5.75. The topological polar surface area (TPSA) is 20.2 Å². The normalized spacial score (nSPS) is 46.9. The fourth-order valence-corrected chi connectivity index (χ4v) is 4.80. The third-order valence-electron chi connectivity index (χ3n) is 5.75. The summed E-state index contributed by atoms with van der Waals surface area (Å²) in [5.74, 6) is 1.26. The van der Waals surface area contributed by atoms with Crippen LogP contribution in [0.25, 0.3) is 0 Å². The first kappa shape index (κ1) is 11.0. The second-order valence-corrected chi connectivity index (χ2v) is 6.62. The second kappa shape index (κ2) is 3.99. The molecule has 1 aliphatic heterocycles. The molecular formula is C14H26NO+. The highest BCUT2D eigenvalue weighted by Crippen LogP contribution is 2.44. The average Bonchev–Trinajstić information content (AvgIpc) is 2.65. The molecule has 1 heterocycles. The molecule has 3 fully saturated rings. The first-order valence-corrected chi connectivity index (χ1v) is 7.23. The number of rotatable bonds is 1. The van der Waals surface area contributed by atoms with E-state index >= 15 is 0 Å². The maximum Gasteiger partial charge on any atom is 0.0941 e. The Morgan fingerprint density at radius 1 is 0.938 bits per heavy atom. The fourth-order valence-electron chi connectivity index (χ4n) is 4.80. The Kier molecular flexibility index (Phi) is 2.75. The molecule has 1 saturated heterocycles. The largest absolute Gasteiger partial charge is 0.392 e. The summed E-state index contributed by atoms with van der Waals surface area (Å²) in [4.78, 5) is 0. The van der Waals surface area contributed by atoms with Gasteiger partial charge < -0.3 is 9.59 Å².